The number of nitrogens with zero attached hydrogens (tertiary/aromatic N) is 3. The fourth-order valence-corrected chi connectivity index (χ4v) is 3.37. The van der Waals surface area contributed by atoms with Crippen LogP contribution in [-0.4, -0.2) is 47.6 Å². The van der Waals surface area contributed by atoms with Gasteiger partial charge in [-0.15, -0.1) is 0 Å². The van der Waals surface area contributed by atoms with Gasteiger partial charge in [-0.2, -0.15) is 5.10 Å². The number of rotatable bonds is 6. The van der Waals surface area contributed by atoms with Crippen molar-refractivity contribution in [3.63, 3.8) is 0 Å². The Morgan fingerprint density at radius 2 is 1.89 bits per heavy atom. The van der Waals surface area contributed by atoms with Crippen molar-refractivity contribution >= 4 is 26.8 Å². The summed E-state index contributed by atoms with van der Waals surface area (Å²) in [4.78, 5) is 17.5. The molecule has 0 saturated carbocycles. The summed E-state index contributed by atoms with van der Waals surface area (Å²) in [7, 11) is -3.15. The normalized spacial score (nSPS) is 11.9. The topological polar surface area (TPSA) is 94.0 Å². The molecular formula is C20H24N4O3S. The van der Waals surface area contributed by atoms with Gasteiger partial charge in [-0.3, -0.25) is 4.79 Å². The first kappa shape index (κ1) is 20.0. The first-order valence-electron chi connectivity index (χ1n) is 9.07. The second-order valence-electron chi connectivity index (χ2n) is 7.23. The summed E-state index contributed by atoms with van der Waals surface area (Å²) < 4.78 is 24.4. The minimum atomic E-state index is -3.15. The predicted molar refractivity (Wildman–Crippen MR) is 110 cm³/mol. The number of carbonyl (C=O) groups excluding carboxylic acids is 1. The molecule has 3 rings (SSSR count). The van der Waals surface area contributed by atoms with E-state index in [1.165, 1.54) is 0 Å². The molecule has 2 heterocycles. The van der Waals surface area contributed by atoms with Crippen LogP contribution in [0, 0.1) is 6.92 Å². The number of nitrogens with one attached hydrogen (secondary N) is 1. The van der Waals surface area contributed by atoms with Gasteiger partial charge in [0.15, 0.2) is 5.65 Å². The Labute approximate surface area is 164 Å². The molecular weight excluding hydrogens is 376 g/mol. The van der Waals surface area contributed by atoms with E-state index in [1.54, 1.807) is 16.9 Å². The van der Waals surface area contributed by atoms with Gasteiger partial charge in [-0.1, -0.05) is 29.8 Å². The second kappa shape index (κ2) is 7.71. The van der Waals surface area contributed by atoms with Crippen LogP contribution >= 0.6 is 0 Å². The Hall–Kier alpha value is -2.74. The van der Waals surface area contributed by atoms with Crippen LogP contribution in [0.25, 0.3) is 22.3 Å². The monoisotopic (exact) mass is 400 g/mol. The van der Waals surface area contributed by atoms with Crippen LogP contribution in [-0.2, 0) is 9.84 Å². The van der Waals surface area contributed by atoms with Gasteiger partial charge in [0, 0.05) is 24.4 Å². The van der Waals surface area contributed by atoms with E-state index in [0.29, 0.717) is 22.3 Å². The number of pyridine rings is 1. The number of hydrogen-bond acceptors (Lipinski definition) is 5. The summed E-state index contributed by atoms with van der Waals surface area (Å²) in [5, 5.41) is 7.72. The lowest BCUT2D eigenvalue weighted by molar-refractivity contribution is 0.0957. The lowest BCUT2D eigenvalue weighted by Crippen LogP contribution is -2.29. The zero-order chi connectivity index (χ0) is 20.5. The molecule has 7 nitrogen and oxygen atoms in total. The minimum Gasteiger partial charge on any atom is -0.351 e. The summed E-state index contributed by atoms with van der Waals surface area (Å²) in [6, 6.07) is 9.73. The fourth-order valence-electron chi connectivity index (χ4n) is 2.90. The fraction of sp³-hybridized carbons (Fsp3) is 0.350. The lowest BCUT2D eigenvalue weighted by Gasteiger charge is -2.11. The SMILES string of the molecule is Cc1ccc(-c2cc(C(=O)NCCS(C)(=O)=O)c3cnn(C(C)C)c3n2)cc1. The summed E-state index contributed by atoms with van der Waals surface area (Å²) in [6.07, 6.45) is 2.78. The maximum Gasteiger partial charge on any atom is 0.252 e. The average Bonchev–Trinajstić information content (AvgIpc) is 3.04. The zero-order valence-electron chi connectivity index (χ0n) is 16.4. The van der Waals surface area contributed by atoms with Crippen LogP contribution in [0.4, 0.5) is 0 Å². The van der Waals surface area contributed by atoms with Crippen LogP contribution in [0.2, 0.25) is 0 Å². The molecule has 8 heteroatoms. The zero-order valence-corrected chi connectivity index (χ0v) is 17.2. The molecule has 148 valence electrons. The smallest absolute Gasteiger partial charge is 0.252 e. The van der Waals surface area contributed by atoms with Crippen molar-refractivity contribution in [2.75, 3.05) is 18.6 Å². The number of hydrogen-bond donors (Lipinski definition) is 1. The molecule has 0 bridgehead atoms. The number of aryl methyl sites for hydroxylation is 1. The van der Waals surface area contributed by atoms with Gasteiger partial charge in [0.2, 0.25) is 0 Å². The molecule has 28 heavy (non-hydrogen) atoms. The largest absolute Gasteiger partial charge is 0.351 e. The minimum absolute atomic E-state index is 0.0552. The van der Waals surface area contributed by atoms with E-state index in [9.17, 15) is 13.2 Å². The quantitative estimate of drug-likeness (QED) is 0.687. The van der Waals surface area contributed by atoms with Crippen LogP contribution in [0.15, 0.2) is 36.5 Å². The van der Waals surface area contributed by atoms with Gasteiger partial charge in [0.1, 0.15) is 9.84 Å². The maximum absolute atomic E-state index is 12.8. The number of sulfone groups is 1. The van der Waals surface area contributed by atoms with Gasteiger partial charge in [-0.05, 0) is 26.8 Å². The summed E-state index contributed by atoms with van der Waals surface area (Å²) in [5.41, 5.74) is 3.76. The Morgan fingerprint density at radius 3 is 2.50 bits per heavy atom. The van der Waals surface area contributed by atoms with Gasteiger partial charge in [0.05, 0.1) is 28.6 Å². The Bertz CT molecular complexity index is 1120. The predicted octanol–water partition coefficient (Wildman–Crippen LogP) is 2.76. The van der Waals surface area contributed by atoms with Crippen LogP contribution in [0.1, 0.15) is 35.8 Å². The Kier molecular flexibility index (Phi) is 5.51. The molecule has 1 amide bonds. The number of benzene rings is 1. The van der Waals surface area contributed by atoms with Gasteiger partial charge in [-0.25, -0.2) is 18.1 Å². The molecule has 0 aliphatic rings. The van der Waals surface area contributed by atoms with Crippen LogP contribution in [0.3, 0.4) is 0 Å². The van der Waals surface area contributed by atoms with Crippen molar-refractivity contribution in [1.82, 2.24) is 20.1 Å². The summed E-state index contributed by atoms with van der Waals surface area (Å²) >= 11 is 0. The number of carbonyl (C=O) groups is 1. The molecule has 0 spiro atoms. The maximum atomic E-state index is 12.8. The summed E-state index contributed by atoms with van der Waals surface area (Å²) in [5.74, 6) is -0.448. The highest BCUT2D eigenvalue weighted by Gasteiger charge is 2.18. The van der Waals surface area contributed by atoms with Gasteiger partial charge >= 0.3 is 0 Å². The Balaban J connectivity index is 2.07. The molecule has 0 aliphatic carbocycles. The van der Waals surface area contributed by atoms with Crippen molar-refractivity contribution in [1.29, 1.82) is 0 Å². The van der Waals surface area contributed by atoms with Crippen LogP contribution in [0.5, 0.6) is 0 Å². The molecule has 0 atom stereocenters. The van der Waals surface area contributed by atoms with E-state index >= 15 is 0 Å². The Morgan fingerprint density at radius 1 is 1.21 bits per heavy atom. The molecule has 0 unspecified atom stereocenters. The standard InChI is InChI=1S/C20H24N4O3S/c1-13(2)24-19-17(12-22-24)16(20(25)21-9-10-28(4,26)27)11-18(23-19)15-7-5-14(3)6-8-15/h5-8,11-13H,9-10H2,1-4H3,(H,21,25). The number of aromatic nitrogens is 3. The van der Waals surface area contributed by atoms with Crippen molar-refractivity contribution in [2.24, 2.45) is 0 Å². The number of amides is 1. The molecule has 1 N–H and O–H groups in total. The molecule has 0 radical (unpaired) electrons. The first-order valence-corrected chi connectivity index (χ1v) is 11.1. The third kappa shape index (κ3) is 4.39. The molecule has 0 saturated heterocycles. The molecule has 0 aliphatic heterocycles. The van der Waals surface area contributed by atoms with Crippen molar-refractivity contribution in [2.45, 2.75) is 26.8 Å². The lowest BCUT2D eigenvalue weighted by atomic mass is 10.1. The first-order chi connectivity index (χ1) is 13.2. The third-order valence-electron chi connectivity index (χ3n) is 4.41. The highest BCUT2D eigenvalue weighted by molar-refractivity contribution is 7.90. The second-order valence-corrected chi connectivity index (χ2v) is 9.49. The van der Waals surface area contributed by atoms with Crippen molar-refractivity contribution < 1.29 is 13.2 Å². The molecule has 0 fully saturated rings. The van der Waals surface area contributed by atoms with Crippen molar-refractivity contribution in [3.05, 3.63) is 47.7 Å². The van der Waals surface area contributed by atoms with E-state index < -0.39 is 9.84 Å². The number of fused-ring (bicyclic) bond motifs is 1. The molecule has 1 aromatic carbocycles. The van der Waals surface area contributed by atoms with E-state index in [-0.39, 0.29) is 24.2 Å². The van der Waals surface area contributed by atoms with E-state index in [0.717, 1.165) is 17.4 Å². The van der Waals surface area contributed by atoms with Gasteiger partial charge < -0.3 is 5.32 Å². The van der Waals surface area contributed by atoms with E-state index in [1.807, 2.05) is 45.0 Å². The summed E-state index contributed by atoms with van der Waals surface area (Å²) in [6.45, 7) is 6.06. The van der Waals surface area contributed by atoms with E-state index in [2.05, 4.69) is 10.4 Å². The molecule has 3 aromatic rings. The molecule has 2 aromatic heterocycles. The highest BCUT2D eigenvalue weighted by atomic mass is 32.2. The third-order valence-corrected chi connectivity index (χ3v) is 5.35. The van der Waals surface area contributed by atoms with Gasteiger partial charge in [0.25, 0.3) is 5.91 Å². The van der Waals surface area contributed by atoms with Crippen LogP contribution < -0.4 is 5.32 Å². The average molecular weight is 401 g/mol. The van der Waals surface area contributed by atoms with E-state index in [4.69, 9.17) is 4.98 Å². The van der Waals surface area contributed by atoms with Crippen molar-refractivity contribution in [3.8, 4) is 11.3 Å². The highest BCUT2D eigenvalue weighted by Crippen LogP contribution is 2.26.